The second-order valence-corrected chi connectivity index (χ2v) is 6.12. The summed E-state index contributed by atoms with van der Waals surface area (Å²) in [5.74, 6) is 0.507. The van der Waals surface area contributed by atoms with Crippen molar-refractivity contribution < 1.29 is 4.79 Å². The van der Waals surface area contributed by atoms with Gasteiger partial charge in [0.2, 0.25) is 0 Å². The summed E-state index contributed by atoms with van der Waals surface area (Å²) in [5, 5.41) is 0.808. The summed E-state index contributed by atoms with van der Waals surface area (Å²) in [6.45, 7) is 2.17. The summed E-state index contributed by atoms with van der Waals surface area (Å²) >= 11 is 5.95. The van der Waals surface area contributed by atoms with Crippen molar-refractivity contribution in [1.82, 2.24) is 0 Å². The highest BCUT2D eigenvalue weighted by atomic mass is 35.5. The van der Waals surface area contributed by atoms with Gasteiger partial charge in [-0.05, 0) is 54.7 Å². The predicted octanol–water partition coefficient (Wildman–Crippen LogP) is 4.77. The molecule has 0 unspecified atom stereocenters. The van der Waals surface area contributed by atoms with Crippen molar-refractivity contribution in [3.63, 3.8) is 0 Å². The summed E-state index contributed by atoms with van der Waals surface area (Å²) in [6, 6.07) is 8.33. The molecule has 0 spiro atoms. The first-order valence-electron chi connectivity index (χ1n) is 6.86. The van der Waals surface area contributed by atoms with E-state index < -0.39 is 0 Å². The van der Waals surface area contributed by atoms with E-state index >= 15 is 0 Å². The van der Waals surface area contributed by atoms with Gasteiger partial charge in [0, 0.05) is 11.4 Å². The fourth-order valence-electron chi connectivity index (χ4n) is 2.89. The molecule has 2 rings (SSSR count). The van der Waals surface area contributed by atoms with Gasteiger partial charge in [0.1, 0.15) is 6.29 Å². The first kappa shape index (κ1) is 13.6. The lowest BCUT2D eigenvalue weighted by Crippen LogP contribution is -2.34. The van der Waals surface area contributed by atoms with E-state index in [9.17, 15) is 4.79 Å². The smallest absolute Gasteiger partial charge is 0.120 e. The van der Waals surface area contributed by atoms with Crippen LogP contribution in [0.4, 0.5) is 0 Å². The highest BCUT2D eigenvalue weighted by molar-refractivity contribution is 6.30. The van der Waals surface area contributed by atoms with E-state index in [-0.39, 0.29) is 0 Å². The van der Waals surface area contributed by atoms with Crippen LogP contribution >= 0.6 is 11.6 Å². The summed E-state index contributed by atoms with van der Waals surface area (Å²) in [5.41, 5.74) is 1.79. The maximum atomic E-state index is 10.5. The molecule has 0 radical (unpaired) electrons. The molecule has 98 valence electrons. The highest BCUT2D eigenvalue weighted by Gasteiger charge is 2.38. The van der Waals surface area contributed by atoms with Crippen LogP contribution in [0.3, 0.4) is 0 Å². The lowest BCUT2D eigenvalue weighted by molar-refractivity contribution is -0.108. The zero-order chi connectivity index (χ0) is 13.0. The molecular weight excluding hydrogens is 244 g/mol. The van der Waals surface area contributed by atoms with Crippen molar-refractivity contribution in [2.75, 3.05) is 0 Å². The summed E-state index contributed by atoms with van der Waals surface area (Å²) in [4.78, 5) is 10.5. The average Bonchev–Trinajstić information content (AvgIpc) is 2.30. The lowest BCUT2D eigenvalue weighted by atomic mass is 9.61. The van der Waals surface area contributed by atoms with Crippen LogP contribution in [0.25, 0.3) is 0 Å². The molecule has 1 aliphatic carbocycles. The molecule has 1 atom stereocenters. The van der Waals surface area contributed by atoms with Gasteiger partial charge in [-0.1, -0.05) is 37.1 Å². The first-order chi connectivity index (χ1) is 8.66. The minimum absolute atomic E-state index is 0.363. The molecule has 1 aromatic carbocycles. The van der Waals surface area contributed by atoms with Crippen molar-refractivity contribution in [2.45, 2.75) is 50.9 Å². The molecule has 1 nitrogen and oxygen atoms in total. The Bertz CT molecular complexity index is 392. The molecule has 0 amide bonds. The number of benzene rings is 1. The average molecular weight is 265 g/mol. The third-order valence-electron chi connectivity index (χ3n) is 4.38. The van der Waals surface area contributed by atoms with Crippen molar-refractivity contribution in [3.05, 3.63) is 34.9 Å². The molecule has 1 aromatic rings. The van der Waals surface area contributed by atoms with E-state index in [1.807, 2.05) is 12.1 Å². The maximum Gasteiger partial charge on any atom is 0.120 e. The number of aldehydes is 1. The molecule has 0 aliphatic heterocycles. The van der Waals surface area contributed by atoms with Gasteiger partial charge in [0.15, 0.2) is 0 Å². The molecule has 0 bridgehead atoms. The van der Waals surface area contributed by atoms with Crippen molar-refractivity contribution in [3.8, 4) is 0 Å². The van der Waals surface area contributed by atoms with Crippen molar-refractivity contribution in [2.24, 2.45) is 5.92 Å². The van der Waals surface area contributed by atoms with Crippen LogP contribution in [0.1, 0.15) is 51.0 Å². The number of rotatable bonds is 6. The Morgan fingerprint density at radius 2 is 2.00 bits per heavy atom. The fraction of sp³-hybridized carbons (Fsp3) is 0.562. The zero-order valence-electron chi connectivity index (χ0n) is 11.0. The number of hydrogen-bond donors (Lipinski definition) is 0. The quantitative estimate of drug-likeness (QED) is 0.677. The molecule has 18 heavy (non-hydrogen) atoms. The van der Waals surface area contributed by atoms with Crippen LogP contribution in [-0.2, 0) is 10.2 Å². The standard InChI is InChI=1S/C16H21ClO/c1-13(8-12-18)7-11-16(9-2-10-16)14-3-5-15(17)6-4-14/h3-6,12-13H,2,7-11H2,1H3/t13-/m0/s1. The monoisotopic (exact) mass is 264 g/mol. The van der Waals surface area contributed by atoms with Crippen molar-refractivity contribution in [1.29, 1.82) is 0 Å². The predicted molar refractivity (Wildman–Crippen MR) is 76.1 cm³/mol. The minimum Gasteiger partial charge on any atom is -0.303 e. The molecule has 2 heteroatoms. The SMILES string of the molecule is C[C@H](CC=O)CCC1(c2ccc(Cl)cc2)CCC1. The van der Waals surface area contributed by atoms with Gasteiger partial charge in [0.25, 0.3) is 0 Å². The van der Waals surface area contributed by atoms with Crippen LogP contribution in [0, 0.1) is 5.92 Å². The van der Waals surface area contributed by atoms with E-state index in [1.165, 1.54) is 31.2 Å². The fourth-order valence-corrected chi connectivity index (χ4v) is 3.02. The van der Waals surface area contributed by atoms with Crippen LogP contribution in [0.5, 0.6) is 0 Å². The molecule has 0 saturated heterocycles. The number of carbonyl (C=O) groups excluding carboxylic acids is 1. The van der Waals surface area contributed by atoms with Crippen LogP contribution in [0.15, 0.2) is 24.3 Å². The maximum absolute atomic E-state index is 10.5. The van der Waals surface area contributed by atoms with Gasteiger partial charge in [0.05, 0.1) is 0 Å². The topological polar surface area (TPSA) is 17.1 Å². The highest BCUT2D eigenvalue weighted by Crippen LogP contribution is 2.48. The van der Waals surface area contributed by atoms with E-state index in [0.29, 0.717) is 17.8 Å². The van der Waals surface area contributed by atoms with Gasteiger partial charge < -0.3 is 4.79 Å². The Morgan fingerprint density at radius 3 is 2.50 bits per heavy atom. The summed E-state index contributed by atoms with van der Waals surface area (Å²) in [7, 11) is 0. The van der Waals surface area contributed by atoms with Gasteiger partial charge in [-0.15, -0.1) is 0 Å². The molecule has 1 fully saturated rings. The minimum atomic E-state index is 0.363. The third-order valence-corrected chi connectivity index (χ3v) is 4.63. The Hall–Kier alpha value is -0.820. The largest absolute Gasteiger partial charge is 0.303 e. The number of carbonyl (C=O) groups is 1. The molecule has 1 aliphatic rings. The Morgan fingerprint density at radius 1 is 1.33 bits per heavy atom. The van der Waals surface area contributed by atoms with Gasteiger partial charge in [-0.2, -0.15) is 0 Å². The number of halogens is 1. The third kappa shape index (κ3) is 2.95. The first-order valence-corrected chi connectivity index (χ1v) is 7.24. The Balaban J connectivity index is 2.02. The van der Waals surface area contributed by atoms with E-state index in [1.54, 1.807) is 0 Å². The molecule has 0 heterocycles. The van der Waals surface area contributed by atoms with E-state index in [4.69, 9.17) is 11.6 Å². The van der Waals surface area contributed by atoms with Crippen LogP contribution < -0.4 is 0 Å². The summed E-state index contributed by atoms with van der Waals surface area (Å²) in [6.07, 6.45) is 7.96. The van der Waals surface area contributed by atoms with Gasteiger partial charge in [-0.3, -0.25) is 0 Å². The van der Waals surface area contributed by atoms with Gasteiger partial charge in [-0.25, -0.2) is 0 Å². The zero-order valence-corrected chi connectivity index (χ0v) is 11.7. The second-order valence-electron chi connectivity index (χ2n) is 5.69. The van der Waals surface area contributed by atoms with Crippen LogP contribution in [0.2, 0.25) is 5.02 Å². The molecular formula is C16H21ClO. The Labute approximate surface area is 115 Å². The normalized spacial score (nSPS) is 19.0. The molecule has 1 saturated carbocycles. The molecule has 0 aromatic heterocycles. The lowest BCUT2D eigenvalue weighted by Gasteiger charge is -2.43. The second kappa shape index (κ2) is 5.88. The molecule has 0 N–H and O–H groups in total. The Kier molecular flexibility index (Phi) is 4.45. The van der Waals surface area contributed by atoms with Crippen LogP contribution in [-0.4, -0.2) is 6.29 Å². The number of hydrogen-bond acceptors (Lipinski definition) is 1. The van der Waals surface area contributed by atoms with E-state index in [0.717, 1.165) is 17.7 Å². The summed E-state index contributed by atoms with van der Waals surface area (Å²) < 4.78 is 0. The van der Waals surface area contributed by atoms with E-state index in [2.05, 4.69) is 19.1 Å². The van der Waals surface area contributed by atoms with Gasteiger partial charge >= 0.3 is 0 Å². The van der Waals surface area contributed by atoms with Crippen molar-refractivity contribution >= 4 is 17.9 Å².